The van der Waals surface area contributed by atoms with Crippen molar-refractivity contribution in [3.05, 3.63) is 46.3 Å². The maximum atomic E-state index is 12.2. The minimum atomic E-state index is -0.536. The zero-order chi connectivity index (χ0) is 18.2. The number of carbonyl (C=O) groups excluding carboxylic acids is 2. The van der Waals surface area contributed by atoms with Crippen LogP contribution in [-0.4, -0.2) is 43.1 Å². The van der Waals surface area contributed by atoms with E-state index in [2.05, 4.69) is 15.3 Å². The summed E-state index contributed by atoms with van der Waals surface area (Å²) >= 11 is 0. The molecule has 0 radical (unpaired) electrons. The molecule has 3 atom stereocenters. The Morgan fingerprint density at radius 3 is 2.64 bits per heavy atom. The van der Waals surface area contributed by atoms with Gasteiger partial charge in [0.2, 0.25) is 5.91 Å². The van der Waals surface area contributed by atoms with Gasteiger partial charge < -0.3 is 15.0 Å². The van der Waals surface area contributed by atoms with E-state index in [9.17, 15) is 9.59 Å². The van der Waals surface area contributed by atoms with Crippen LogP contribution in [0.3, 0.4) is 0 Å². The number of nitrogens with one attached hydrogen (secondary N) is 1. The van der Waals surface area contributed by atoms with Crippen molar-refractivity contribution in [2.45, 2.75) is 38.0 Å². The van der Waals surface area contributed by atoms with Crippen molar-refractivity contribution in [3.8, 4) is 0 Å². The first-order valence-corrected chi connectivity index (χ1v) is 8.22. The Bertz CT molecular complexity index is 643. The van der Waals surface area contributed by atoms with Gasteiger partial charge in [0.1, 0.15) is 6.61 Å². The van der Waals surface area contributed by atoms with Gasteiger partial charge in [-0.25, -0.2) is 4.79 Å². The molecule has 8 nitrogen and oxygen atoms in total. The van der Waals surface area contributed by atoms with E-state index in [4.69, 9.17) is 10.3 Å². The largest absolute Gasteiger partial charge is 0.445 e. The fraction of sp³-hybridized carbons (Fsp3) is 0.529. The highest BCUT2D eigenvalue weighted by atomic mass is 16.5. The lowest BCUT2D eigenvalue weighted by Gasteiger charge is -2.33. The maximum Gasteiger partial charge on any atom is 0.407 e. The van der Waals surface area contributed by atoms with Gasteiger partial charge in [0.25, 0.3) is 0 Å². The van der Waals surface area contributed by atoms with Crippen LogP contribution in [0.1, 0.15) is 24.8 Å². The Kier molecular flexibility index (Phi) is 6.65. The topological polar surface area (TPSA) is 107 Å². The van der Waals surface area contributed by atoms with Gasteiger partial charge in [-0.1, -0.05) is 35.4 Å². The van der Waals surface area contributed by atoms with Crippen molar-refractivity contribution < 1.29 is 14.3 Å². The van der Waals surface area contributed by atoms with Crippen LogP contribution in [0.25, 0.3) is 10.4 Å². The van der Waals surface area contributed by atoms with Gasteiger partial charge in [0.15, 0.2) is 0 Å². The van der Waals surface area contributed by atoms with Crippen LogP contribution < -0.4 is 5.32 Å². The van der Waals surface area contributed by atoms with E-state index in [0.29, 0.717) is 19.3 Å². The second-order valence-corrected chi connectivity index (χ2v) is 6.40. The van der Waals surface area contributed by atoms with E-state index in [0.717, 1.165) is 5.56 Å². The molecule has 25 heavy (non-hydrogen) atoms. The van der Waals surface area contributed by atoms with Crippen molar-refractivity contribution >= 4 is 12.0 Å². The number of carbonyl (C=O) groups is 2. The summed E-state index contributed by atoms with van der Waals surface area (Å²) in [5.74, 6) is -0.305. The van der Waals surface area contributed by atoms with Crippen LogP contribution >= 0.6 is 0 Å². The highest BCUT2D eigenvalue weighted by molar-refractivity contribution is 5.78. The van der Waals surface area contributed by atoms with Gasteiger partial charge >= 0.3 is 6.09 Å². The quantitative estimate of drug-likeness (QED) is 0.503. The molecule has 134 valence electrons. The molecular formula is C17H23N5O3. The molecule has 1 fully saturated rings. The number of alkyl carbamates (subject to hydrolysis) is 1. The van der Waals surface area contributed by atoms with Crippen LogP contribution in [0, 0.1) is 5.92 Å². The third-order valence-corrected chi connectivity index (χ3v) is 4.22. The first-order valence-electron chi connectivity index (χ1n) is 8.22. The van der Waals surface area contributed by atoms with Gasteiger partial charge in [-0.2, -0.15) is 0 Å². The zero-order valence-corrected chi connectivity index (χ0v) is 14.5. The Hall–Kier alpha value is -2.73. The van der Waals surface area contributed by atoms with Crippen LogP contribution in [0.2, 0.25) is 0 Å². The van der Waals surface area contributed by atoms with E-state index in [1.54, 1.807) is 14.1 Å². The molecule has 1 unspecified atom stereocenters. The summed E-state index contributed by atoms with van der Waals surface area (Å²) in [4.78, 5) is 28.6. The first kappa shape index (κ1) is 18.6. The van der Waals surface area contributed by atoms with Crippen molar-refractivity contribution in [3.63, 3.8) is 0 Å². The van der Waals surface area contributed by atoms with Crippen molar-refractivity contribution in [1.82, 2.24) is 10.2 Å². The molecule has 1 saturated carbocycles. The molecule has 0 saturated heterocycles. The number of hydrogen-bond donors (Lipinski definition) is 1. The number of nitrogens with zero attached hydrogens (tertiary/aromatic N) is 4. The number of benzene rings is 1. The Balaban J connectivity index is 1.92. The molecule has 0 bridgehead atoms. The smallest absolute Gasteiger partial charge is 0.407 e. The van der Waals surface area contributed by atoms with Crippen LogP contribution in [0.5, 0.6) is 0 Å². The SMILES string of the molecule is CN(C)C(=O)[C@H]1CC(N=[N+]=[N-])C[C@@H](NC(=O)OCc2ccccc2)C1. The normalized spacial score (nSPS) is 22.4. The fourth-order valence-electron chi connectivity index (χ4n) is 3.07. The molecule has 0 heterocycles. The van der Waals surface area contributed by atoms with Crippen molar-refractivity contribution in [2.75, 3.05) is 14.1 Å². The van der Waals surface area contributed by atoms with Crippen molar-refractivity contribution in [2.24, 2.45) is 11.0 Å². The standard InChI is InChI=1S/C17H23N5O3/c1-22(2)16(23)13-8-14(10-15(9-13)20-21-18)19-17(24)25-11-12-6-4-3-5-7-12/h3-7,13-15H,8-11H2,1-2H3,(H,19,24)/t13-,14+,15?/m1/s1. The van der Waals surface area contributed by atoms with E-state index in [1.165, 1.54) is 4.90 Å². The van der Waals surface area contributed by atoms with Crippen LogP contribution in [0.15, 0.2) is 35.4 Å². The fourth-order valence-corrected chi connectivity index (χ4v) is 3.07. The van der Waals surface area contributed by atoms with Gasteiger partial charge in [-0.3, -0.25) is 4.79 Å². The van der Waals surface area contributed by atoms with Gasteiger partial charge in [-0.05, 0) is 30.4 Å². The van der Waals surface area contributed by atoms with E-state index >= 15 is 0 Å². The first-order chi connectivity index (χ1) is 12.0. The molecule has 2 rings (SSSR count). The second kappa shape index (κ2) is 8.94. The predicted molar refractivity (Wildman–Crippen MR) is 92.5 cm³/mol. The molecule has 0 spiro atoms. The average Bonchev–Trinajstić information content (AvgIpc) is 2.60. The highest BCUT2D eigenvalue weighted by Crippen LogP contribution is 2.28. The molecule has 1 aliphatic carbocycles. The molecule has 0 aromatic heterocycles. The van der Waals surface area contributed by atoms with Gasteiger partial charge in [-0.15, -0.1) is 0 Å². The number of rotatable bonds is 5. The summed E-state index contributed by atoms with van der Waals surface area (Å²) in [5.41, 5.74) is 9.58. The predicted octanol–water partition coefficient (Wildman–Crippen LogP) is 2.85. The summed E-state index contributed by atoms with van der Waals surface area (Å²) in [6.07, 6.45) is 0.973. The van der Waals surface area contributed by atoms with E-state index in [-0.39, 0.29) is 30.5 Å². The summed E-state index contributed by atoms with van der Waals surface area (Å²) < 4.78 is 5.22. The Labute approximate surface area is 146 Å². The number of amides is 2. The molecule has 1 N–H and O–H groups in total. The van der Waals surface area contributed by atoms with Crippen LogP contribution in [-0.2, 0) is 16.1 Å². The molecule has 1 aromatic rings. The molecule has 1 aliphatic rings. The minimum absolute atomic E-state index is 0.0257. The molecule has 1 aromatic carbocycles. The number of ether oxygens (including phenoxy) is 1. The molecule has 2 amide bonds. The minimum Gasteiger partial charge on any atom is -0.445 e. The zero-order valence-electron chi connectivity index (χ0n) is 14.5. The maximum absolute atomic E-state index is 12.2. The molecular weight excluding hydrogens is 322 g/mol. The third kappa shape index (κ3) is 5.69. The lowest BCUT2D eigenvalue weighted by molar-refractivity contribution is -0.134. The summed E-state index contributed by atoms with van der Waals surface area (Å²) in [7, 11) is 3.38. The monoisotopic (exact) mass is 345 g/mol. The molecule has 8 heteroatoms. The molecule has 0 aliphatic heterocycles. The summed E-state index contributed by atoms with van der Waals surface area (Å²) in [6, 6.07) is 8.81. The lowest BCUT2D eigenvalue weighted by Crippen LogP contribution is -2.45. The lowest BCUT2D eigenvalue weighted by atomic mass is 9.82. The average molecular weight is 345 g/mol. The Morgan fingerprint density at radius 2 is 2.00 bits per heavy atom. The van der Waals surface area contributed by atoms with Crippen LogP contribution in [0.4, 0.5) is 4.79 Å². The second-order valence-electron chi connectivity index (χ2n) is 6.40. The Morgan fingerprint density at radius 1 is 1.28 bits per heavy atom. The van der Waals surface area contributed by atoms with E-state index < -0.39 is 6.09 Å². The van der Waals surface area contributed by atoms with Crippen molar-refractivity contribution in [1.29, 1.82) is 0 Å². The number of hydrogen-bond acceptors (Lipinski definition) is 4. The van der Waals surface area contributed by atoms with Gasteiger partial charge in [0.05, 0.1) is 0 Å². The number of azide groups is 1. The van der Waals surface area contributed by atoms with Gasteiger partial charge in [0, 0.05) is 37.0 Å². The van der Waals surface area contributed by atoms with E-state index in [1.807, 2.05) is 30.3 Å². The highest BCUT2D eigenvalue weighted by Gasteiger charge is 2.34. The third-order valence-electron chi connectivity index (χ3n) is 4.22. The summed E-state index contributed by atoms with van der Waals surface area (Å²) in [6.45, 7) is 0.180. The summed E-state index contributed by atoms with van der Waals surface area (Å²) in [5, 5.41) is 6.53.